The first-order valence-electron chi connectivity index (χ1n) is 11.0. The molecule has 0 saturated carbocycles. The molecule has 8 nitrogen and oxygen atoms in total. The minimum Gasteiger partial charge on any atom is -0.455 e. The smallest absolute Gasteiger partial charge is 0.410 e. The van der Waals surface area contributed by atoms with Crippen LogP contribution in [0.2, 0.25) is 5.02 Å². The molecule has 0 radical (unpaired) electrons. The van der Waals surface area contributed by atoms with Crippen LogP contribution < -0.4 is 5.32 Å². The largest absolute Gasteiger partial charge is 0.455 e. The molecule has 0 aromatic heterocycles. The molecule has 2 unspecified atom stereocenters. The van der Waals surface area contributed by atoms with Crippen LogP contribution in [0.15, 0.2) is 24.3 Å². The van der Waals surface area contributed by atoms with Crippen LogP contribution in [-0.4, -0.2) is 59.0 Å². The number of nitrogens with zero attached hydrogens (tertiary/aromatic N) is 1. The number of likely N-dealkylation sites (tertiary alicyclic amines) is 1. The standard InChI is InChI=1S/C24H35ClN2O6/c1-16(26-20(29)32-22(2,3)4)19(28)31-24(14-17-8-10-18(25)11-9-17)12-13-27(15-24)21(30)33-23(5,6)7/h8-11,16H,12-15H2,1-7H3,(H,26,29). The van der Waals surface area contributed by atoms with Crippen molar-refractivity contribution in [2.45, 2.75) is 84.2 Å². The summed E-state index contributed by atoms with van der Waals surface area (Å²) in [6, 6.07) is 6.31. The molecule has 184 valence electrons. The van der Waals surface area contributed by atoms with Gasteiger partial charge in [-0.25, -0.2) is 14.4 Å². The maximum atomic E-state index is 12.9. The molecule has 0 spiro atoms. The quantitative estimate of drug-likeness (QED) is 0.482. The van der Waals surface area contributed by atoms with Gasteiger partial charge in [0.2, 0.25) is 0 Å². The Kier molecular flexibility index (Phi) is 8.27. The third-order valence-electron chi connectivity index (χ3n) is 4.81. The Labute approximate surface area is 200 Å². The van der Waals surface area contributed by atoms with Crippen LogP contribution in [0.5, 0.6) is 0 Å². The molecule has 2 amide bonds. The molecule has 1 saturated heterocycles. The second-order valence-corrected chi connectivity index (χ2v) is 10.9. The molecule has 0 bridgehead atoms. The summed E-state index contributed by atoms with van der Waals surface area (Å²) in [5.74, 6) is -0.610. The van der Waals surface area contributed by atoms with Gasteiger partial charge in [0.1, 0.15) is 22.8 Å². The number of rotatable bonds is 5. The number of carbonyl (C=O) groups excluding carboxylic acids is 3. The van der Waals surface area contributed by atoms with Crippen LogP contribution in [0.3, 0.4) is 0 Å². The molecule has 1 aliphatic rings. The number of nitrogens with one attached hydrogen (secondary N) is 1. The number of carbonyl (C=O) groups is 3. The van der Waals surface area contributed by atoms with Crippen molar-refractivity contribution in [1.82, 2.24) is 10.2 Å². The molecule has 1 aromatic rings. The Morgan fingerprint density at radius 2 is 1.64 bits per heavy atom. The van der Waals surface area contributed by atoms with Gasteiger partial charge in [-0.3, -0.25) is 0 Å². The zero-order valence-corrected chi connectivity index (χ0v) is 21.2. The van der Waals surface area contributed by atoms with E-state index in [1.54, 1.807) is 58.6 Å². The number of esters is 1. The highest BCUT2D eigenvalue weighted by Crippen LogP contribution is 2.31. The fraction of sp³-hybridized carbons (Fsp3) is 0.625. The Morgan fingerprint density at radius 1 is 1.06 bits per heavy atom. The third kappa shape index (κ3) is 8.76. The van der Waals surface area contributed by atoms with Crippen LogP contribution in [0.1, 0.15) is 60.5 Å². The lowest BCUT2D eigenvalue weighted by Gasteiger charge is -2.31. The van der Waals surface area contributed by atoms with Gasteiger partial charge in [-0.1, -0.05) is 23.7 Å². The molecular weight excluding hydrogens is 448 g/mol. The summed E-state index contributed by atoms with van der Waals surface area (Å²) >= 11 is 6.00. The molecule has 2 atom stereocenters. The summed E-state index contributed by atoms with van der Waals surface area (Å²) in [5.41, 5.74) is -1.39. The van der Waals surface area contributed by atoms with Crippen molar-refractivity contribution in [1.29, 1.82) is 0 Å². The van der Waals surface area contributed by atoms with Crippen molar-refractivity contribution in [3.63, 3.8) is 0 Å². The molecule has 0 aliphatic carbocycles. The minimum absolute atomic E-state index is 0.176. The molecular formula is C24H35ClN2O6. The summed E-state index contributed by atoms with van der Waals surface area (Å²) in [4.78, 5) is 39.1. The summed E-state index contributed by atoms with van der Waals surface area (Å²) in [5, 5.41) is 3.10. The summed E-state index contributed by atoms with van der Waals surface area (Å²) in [6.45, 7) is 12.7. The monoisotopic (exact) mass is 482 g/mol. The highest BCUT2D eigenvalue weighted by molar-refractivity contribution is 6.30. The van der Waals surface area contributed by atoms with Crippen molar-refractivity contribution >= 4 is 29.8 Å². The van der Waals surface area contributed by atoms with Crippen LogP contribution in [0.25, 0.3) is 0 Å². The van der Waals surface area contributed by atoms with Gasteiger partial charge in [0, 0.05) is 24.4 Å². The van der Waals surface area contributed by atoms with Crippen molar-refractivity contribution < 1.29 is 28.6 Å². The zero-order chi connectivity index (χ0) is 25.0. The van der Waals surface area contributed by atoms with E-state index in [9.17, 15) is 14.4 Å². The van der Waals surface area contributed by atoms with Gasteiger partial charge >= 0.3 is 18.2 Å². The fourth-order valence-electron chi connectivity index (χ4n) is 3.41. The summed E-state index contributed by atoms with van der Waals surface area (Å²) < 4.78 is 16.6. The lowest BCUT2D eigenvalue weighted by molar-refractivity contribution is -0.160. The lowest BCUT2D eigenvalue weighted by atomic mass is 9.93. The van der Waals surface area contributed by atoms with Gasteiger partial charge in [-0.2, -0.15) is 0 Å². The van der Waals surface area contributed by atoms with E-state index in [1.165, 1.54) is 6.92 Å². The Hall–Kier alpha value is -2.48. The Morgan fingerprint density at radius 3 is 2.18 bits per heavy atom. The third-order valence-corrected chi connectivity index (χ3v) is 5.06. The number of hydrogen-bond acceptors (Lipinski definition) is 6. The number of benzene rings is 1. The first kappa shape index (κ1) is 26.8. The van der Waals surface area contributed by atoms with Crippen molar-refractivity contribution in [3.8, 4) is 0 Å². The number of halogens is 1. The van der Waals surface area contributed by atoms with Crippen molar-refractivity contribution in [3.05, 3.63) is 34.9 Å². The van der Waals surface area contributed by atoms with Crippen LogP contribution in [0, 0.1) is 0 Å². The maximum absolute atomic E-state index is 12.9. The average molecular weight is 483 g/mol. The lowest BCUT2D eigenvalue weighted by Crippen LogP contribution is -2.48. The first-order chi connectivity index (χ1) is 15.1. The number of alkyl carbamates (subject to hydrolysis) is 1. The van der Waals surface area contributed by atoms with Gasteiger partial charge in [-0.05, 0) is 66.2 Å². The highest BCUT2D eigenvalue weighted by atomic mass is 35.5. The Bertz CT molecular complexity index is 859. The summed E-state index contributed by atoms with van der Waals surface area (Å²) in [7, 11) is 0. The van der Waals surface area contributed by atoms with Crippen LogP contribution in [0.4, 0.5) is 9.59 Å². The van der Waals surface area contributed by atoms with Crippen molar-refractivity contribution in [2.75, 3.05) is 13.1 Å². The fourth-order valence-corrected chi connectivity index (χ4v) is 3.54. The molecule has 9 heteroatoms. The van der Waals surface area contributed by atoms with Crippen LogP contribution >= 0.6 is 11.6 Å². The second kappa shape index (κ2) is 10.2. The van der Waals surface area contributed by atoms with E-state index in [2.05, 4.69) is 5.32 Å². The number of amides is 2. The van der Waals surface area contributed by atoms with E-state index in [0.29, 0.717) is 24.4 Å². The Balaban J connectivity index is 2.16. The molecule has 2 rings (SSSR count). The molecule has 1 fully saturated rings. The average Bonchev–Trinajstić information content (AvgIpc) is 3.04. The second-order valence-electron chi connectivity index (χ2n) is 10.4. The first-order valence-corrected chi connectivity index (χ1v) is 11.4. The van der Waals surface area contributed by atoms with Gasteiger partial charge in [0.25, 0.3) is 0 Å². The maximum Gasteiger partial charge on any atom is 0.410 e. The van der Waals surface area contributed by atoms with Crippen LogP contribution in [-0.2, 0) is 25.4 Å². The van der Waals surface area contributed by atoms with E-state index in [1.807, 2.05) is 12.1 Å². The highest BCUT2D eigenvalue weighted by Gasteiger charge is 2.45. The van der Waals surface area contributed by atoms with E-state index >= 15 is 0 Å². The number of ether oxygens (including phenoxy) is 3. The predicted octanol–water partition coefficient (Wildman–Crippen LogP) is 4.72. The summed E-state index contributed by atoms with van der Waals surface area (Å²) in [6.07, 6.45) is -0.356. The van der Waals surface area contributed by atoms with Gasteiger partial charge in [0.15, 0.2) is 0 Å². The van der Waals surface area contributed by atoms with E-state index < -0.39 is 41.0 Å². The van der Waals surface area contributed by atoms with E-state index in [0.717, 1.165) is 5.56 Å². The molecule has 1 aliphatic heterocycles. The normalized spacial score (nSPS) is 19.6. The minimum atomic E-state index is -0.967. The molecule has 1 N–H and O–H groups in total. The SMILES string of the molecule is CC(NC(=O)OC(C)(C)C)C(=O)OC1(Cc2ccc(Cl)cc2)CCN(C(=O)OC(C)(C)C)C1. The predicted molar refractivity (Wildman–Crippen MR) is 125 cm³/mol. The van der Waals surface area contributed by atoms with E-state index in [-0.39, 0.29) is 6.54 Å². The molecule has 33 heavy (non-hydrogen) atoms. The molecule has 1 aromatic carbocycles. The van der Waals surface area contributed by atoms with Crippen molar-refractivity contribution in [2.24, 2.45) is 0 Å². The number of hydrogen-bond donors (Lipinski definition) is 1. The topological polar surface area (TPSA) is 94.2 Å². The van der Waals surface area contributed by atoms with Gasteiger partial charge in [0.05, 0.1) is 6.54 Å². The zero-order valence-electron chi connectivity index (χ0n) is 20.5. The van der Waals surface area contributed by atoms with E-state index in [4.69, 9.17) is 25.8 Å². The van der Waals surface area contributed by atoms with Gasteiger partial charge in [-0.15, -0.1) is 0 Å². The molecule has 1 heterocycles. The van der Waals surface area contributed by atoms with Gasteiger partial charge < -0.3 is 24.4 Å².